The average Bonchev–Trinajstić information content (AvgIpc) is 2.97. The number of hydrogen-bond acceptors (Lipinski definition) is 3. The zero-order valence-corrected chi connectivity index (χ0v) is 12.4. The van der Waals surface area contributed by atoms with Gasteiger partial charge in [-0.15, -0.1) is 0 Å². The first-order valence-electron chi connectivity index (χ1n) is 7.69. The van der Waals surface area contributed by atoms with Crippen LogP contribution in [0.2, 0.25) is 0 Å². The number of carbonyl (C=O) groups excluding carboxylic acids is 1. The average molecular weight is 307 g/mol. The number of amides is 1. The monoisotopic (exact) mass is 307 g/mol. The maximum Gasteiger partial charge on any atom is 0.405 e. The molecule has 122 valence electrons. The SMILES string of the molecule is CC(C(=O)NCC(F)(F)F)N1CCCC(C2CCCN2)C1. The predicted molar refractivity (Wildman–Crippen MR) is 73.8 cm³/mol. The van der Waals surface area contributed by atoms with E-state index in [-0.39, 0.29) is 0 Å². The lowest BCUT2D eigenvalue weighted by molar-refractivity contribution is -0.141. The number of rotatable bonds is 4. The molecule has 0 aromatic rings. The minimum absolute atomic E-state index is 0.498. The summed E-state index contributed by atoms with van der Waals surface area (Å²) in [6, 6.07) is -0.00482. The summed E-state index contributed by atoms with van der Waals surface area (Å²) in [7, 11) is 0. The van der Waals surface area contributed by atoms with Crippen LogP contribution in [-0.2, 0) is 4.79 Å². The van der Waals surface area contributed by atoms with Gasteiger partial charge < -0.3 is 10.6 Å². The topological polar surface area (TPSA) is 44.4 Å². The van der Waals surface area contributed by atoms with Crippen molar-refractivity contribution >= 4 is 5.91 Å². The molecule has 21 heavy (non-hydrogen) atoms. The van der Waals surface area contributed by atoms with Crippen LogP contribution < -0.4 is 10.6 Å². The fourth-order valence-electron chi connectivity index (χ4n) is 3.34. The first-order valence-corrected chi connectivity index (χ1v) is 7.69. The molecule has 0 saturated carbocycles. The highest BCUT2D eigenvalue weighted by Gasteiger charge is 2.34. The van der Waals surface area contributed by atoms with Crippen molar-refractivity contribution < 1.29 is 18.0 Å². The maximum absolute atomic E-state index is 12.2. The lowest BCUT2D eigenvalue weighted by Crippen LogP contribution is -2.52. The first kappa shape index (κ1) is 16.5. The fraction of sp³-hybridized carbons (Fsp3) is 0.929. The maximum atomic E-state index is 12.2. The van der Waals surface area contributed by atoms with Crippen LogP contribution in [0.15, 0.2) is 0 Å². The minimum atomic E-state index is -4.35. The molecule has 1 amide bonds. The van der Waals surface area contributed by atoms with Gasteiger partial charge in [-0.25, -0.2) is 0 Å². The predicted octanol–water partition coefficient (Wildman–Crippen LogP) is 1.52. The molecule has 3 unspecified atom stereocenters. The lowest BCUT2D eigenvalue weighted by Gasteiger charge is -2.38. The van der Waals surface area contributed by atoms with Gasteiger partial charge in [0.2, 0.25) is 5.91 Å². The second-order valence-corrected chi connectivity index (χ2v) is 6.11. The van der Waals surface area contributed by atoms with Gasteiger partial charge in [-0.05, 0) is 51.6 Å². The van der Waals surface area contributed by atoms with E-state index in [2.05, 4.69) is 5.32 Å². The van der Waals surface area contributed by atoms with E-state index in [1.165, 1.54) is 6.42 Å². The van der Waals surface area contributed by atoms with Gasteiger partial charge in [0.1, 0.15) is 6.54 Å². The summed E-state index contributed by atoms with van der Waals surface area (Å²) in [4.78, 5) is 13.9. The van der Waals surface area contributed by atoms with Gasteiger partial charge in [0.15, 0.2) is 0 Å². The van der Waals surface area contributed by atoms with Crippen LogP contribution in [0, 0.1) is 5.92 Å². The summed E-state index contributed by atoms with van der Waals surface area (Å²) < 4.78 is 36.5. The van der Waals surface area contributed by atoms with Crippen LogP contribution >= 0.6 is 0 Å². The number of nitrogens with one attached hydrogen (secondary N) is 2. The summed E-state index contributed by atoms with van der Waals surface area (Å²) in [6.45, 7) is 3.05. The van der Waals surface area contributed by atoms with Crippen LogP contribution in [0.25, 0.3) is 0 Å². The van der Waals surface area contributed by atoms with E-state index in [0.717, 1.165) is 38.9 Å². The van der Waals surface area contributed by atoms with Crippen molar-refractivity contribution in [2.75, 3.05) is 26.2 Å². The molecule has 2 N–H and O–H groups in total. The molecule has 0 aliphatic carbocycles. The van der Waals surface area contributed by atoms with Gasteiger partial charge in [0.25, 0.3) is 0 Å². The standard InChI is InChI=1S/C14H24F3N3O/c1-10(13(21)19-9-14(15,16)17)20-7-3-4-11(8-20)12-5-2-6-18-12/h10-12,18H,2-9H2,1H3,(H,19,21). The van der Waals surface area contributed by atoms with Crippen molar-refractivity contribution in [3.63, 3.8) is 0 Å². The molecule has 0 bridgehead atoms. The van der Waals surface area contributed by atoms with E-state index in [1.807, 2.05) is 10.2 Å². The van der Waals surface area contributed by atoms with E-state index in [4.69, 9.17) is 0 Å². The first-order chi connectivity index (χ1) is 9.87. The Kier molecular flexibility index (Phi) is 5.48. The third-order valence-corrected chi connectivity index (χ3v) is 4.55. The number of hydrogen-bond donors (Lipinski definition) is 2. The van der Waals surface area contributed by atoms with Gasteiger partial charge in [0, 0.05) is 12.6 Å². The van der Waals surface area contributed by atoms with Crippen molar-refractivity contribution in [2.45, 2.75) is 50.9 Å². The number of piperidine rings is 1. The van der Waals surface area contributed by atoms with Crippen molar-refractivity contribution in [1.29, 1.82) is 0 Å². The molecule has 7 heteroatoms. The van der Waals surface area contributed by atoms with Crippen LogP contribution in [0.1, 0.15) is 32.6 Å². The van der Waals surface area contributed by atoms with E-state index >= 15 is 0 Å². The van der Waals surface area contributed by atoms with E-state index in [0.29, 0.717) is 12.0 Å². The van der Waals surface area contributed by atoms with E-state index < -0.39 is 24.7 Å². The Bertz CT molecular complexity index is 356. The Balaban J connectivity index is 1.83. The summed E-state index contributed by atoms with van der Waals surface area (Å²) >= 11 is 0. The van der Waals surface area contributed by atoms with Crippen LogP contribution in [0.5, 0.6) is 0 Å². The highest BCUT2D eigenvalue weighted by molar-refractivity contribution is 5.81. The van der Waals surface area contributed by atoms with Gasteiger partial charge in [-0.2, -0.15) is 13.2 Å². The molecule has 4 nitrogen and oxygen atoms in total. The molecule has 0 aromatic heterocycles. The molecule has 2 saturated heterocycles. The number of carbonyl (C=O) groups is 1. The molecular weight excluding hydrogens is 283 g/mol. The number of alkyl halides is 3. The second kappa shape index (κ2) is 6.96. The summed E-state index contributed by atoms with van der Waals surface area (Å²) in [6.07, 6.45) is 0.119. The van der Waals surface area contributed by atoms with Crippen LogP contribution in [0.3, 0.4) is 0 Å². The molecule has 0 radical (unpaired) electrons. The summed E-state index contributed by atoms with van der Waals surface area (Å²) in [5, 5.41) is 5.47. The molecule has 2 heterocycles. The third kappa shape index (κ3) is 4.85. The van der Waals surface area contributed by atoms with Gasteiger partial charge in [0.05, 0.1) is 6.04 Å². The molecule has 2 aliphatic rings. The van der Waals surface area contributed by atoms with Crippen molar-refractivity contribution in [2.24, 2.45) is 5.92 Å². The van der Waals surface area contributed by atoms with Crippen molar-refractivity contribution in [3.8, 4) is 0 Å². The largest absolute Gasteiger partial charge is 0.405 e. The number of halogens is 3. The van der Waals surface area contributed by atoms with Gasteiger partial charge in [-0.1, -0.05) is 0 Å². The van der Waals surface area contributed by atoms with Gasteiger partial charge >= 0.3 is 6.18 Å². The quantitative estimate of drug-likeness (QED) is 0.828. The minimum Gasteiger partial charge on any atom is -0.346 e. The Morgan fingerprint density at radius 2 is 2.14 bits per heavy atom. The molecule has 0 spiro atoms. The number of likely N-dealkylation sites (tertiary alicyclic amines) is 1. The fourth-order valence-corrected chi connectivity index (χ4v) is 3.34. The summed E-state index contributed by atoms with van der Waals surface area (Å²) in [5.74, 6) is -0.0357. The Morgan fingerprint density at radius 3 is 2.76 bits per heavy atom. The molecule has 3 atom stereocenters. The third-order valence-electron chi connectivity index (χ3n) is 4.55. The van der Waals surface area contributed by atoms with Crippen LogP contribution in [-0.4, -0.2) is 55.2 Å². The van der Waals surface area contributed by atoms with Gasteiger partial charge in [-0.3, -0.25) is 9.69 Å². The normalized spacial score (nSPS) is 29.3. The highest BCUT2D eigenvalue weighted by atomic mass is 19.4. The summed E-state index contributed by atoms with van der Waals surface area (Å²) in [5.41, 5.74) is 0. The zero-order valence-electron chi connectivity index (χ0n) is 12.4. The zero-order chi connectivity index (χ0) is 15.5. The van der Waals surface area contributed by atoms with E-state index in [1.54, 1.807) is 6.92 Å². The second-order valence-electron chi connectivity index (χ2n) is 6.11. The lowest BCUT2D eigenvalue weighted by atomic mass is 9.89. The molecule has 2 fully saturated rings. The Hall–Kier alpha value is -0.820. The Labute approximate surface area is 123 Å². The molecule has 0 aromatic carbocycles. The Morgan fingerprint density at radius 1 is 1.38 bits per heavy atom. The van der Waals surface area contributed by atoms with E-state index in [9.17, 15) is 18.0 Å². The van der Waals surface area contributed by atoms with Crippen molar-refractivity contribution in [3.05, 3.63) is 0 Å². The van der Waals surface area contributed by atoms with Crippen molar-refractivity contribution in [1.82, 2.24) is 15.5 Å². The number of nitrogens with zero attached hydrogens (tertiary/aromatic N) is 1. The molecule has 2 rings (SSSR count). The molecular formula is C14H24F3N3O. The van der Waals surface area contributed by atoms with Crippen LogP contribution in [0.4, 0.5) is 13.2 Å². The highest BCUT2D eigenvalue weighted by Crippen LogP contribution is 2.25. The molecule has 2 aliphatic heterocycles. The smallest absolute Gasteiger partial charge is 0.346 e.